The summed E-state index contributed by atoms with van der Waals surface area (Å²) in [6, 6.07) is 0.763. The fourth-order valence-corrected chi connectivity index (χ4v) is 2.36. The Hall–Kier alpha value is -0.0800. The minimum atomic E-state index is 0.763. The molecule has 2 nitrogen and oxygen atoms in total. The maximum absolute atomic E-state index is 5.50. The zero-order valence-corrected chi connectivity index (χ0v) is 7.72. The van der Waals surface area contributed by atoms with Crippen molar-refractivity contribution in [2.45, 2.75) is 38.1 Å². The molecule has 2 saturated heterocycles. The molecule has 0 amide bonds. The van der Waals surface area contributed by atoms with Crippen LogP contribution in [0, 0.1) is 5.92 Å². The molecule has 2 aliphatic heterocycles. The number of ether oxygens (including phenoxy) is 1. The standard InChI is InChI=1S/C10H19NO/c1-2-6-11-10(5-1)9-4-3-7-12-8-9/h9-11H,1-8H2. The van der Waals surface area contributed by atoms with E-state index in [-0.39, 0.29) is 0 Å². The summed E-state index contributed by atoms with van der Waals surface area (Å²) >= 11 is 0. The van der Waals surface area contributed by atoms with E-state index in [0.29, 0.717) is 0 Å². The van der Waals surface area contributed by atoms with Gasteiger partial charge in [-0.1, -0.05) is 6.42 Å². The Kier molecular flexibility index (Phi) is 3.01. The highest BCUT2D eigenvalue weighted by Crippen LogP contribution is 2.22. The lowest BCUT2D eigenvalue weighted by molar-refractivity contribution is 0.0350. The number of piperidine rings is 1. The minimum Gasteiger partial charge on any atom is -0.381 e. The Morgan fingerprint density at radius 2 is 2.08 bits per heavy atom. The lowest BCUT2D eigenvalue weighted by Crippen LogP contribution is -2.43. The second kappa shape index (κ2) is 4.24. The van der Waals surface area contributed by atoms with Crippen LogP contribution in [0.25, 0.3) is 0 Å². The molecule has 2 rings (SSSR count). The van der Waals surface area contributed by atoms with E-state index < -0.39 is 0 Å². The van der Waals surface area contributed by atoms with Crippen molar-refractivity contribution in [2.24, 2.45) is 5.92 Å². The third-order valence-corrected chi connectivity index (χ3v) is 3.11. The van der Waals surface area contributed by atoms with Crippen LogP contribution in [-0.4, -0.2) is 25.8 Å². The van der Waals surface area contributed by atoms with E-state index in [9.17, 15) is 0 Å². The van der Waals surface area contributed by atoms with Gasteiger partial charge in [-0.05, 0) is 38.1 Å². The average Bonchev–Trinajstić information content (AvgIpc) is 2.21. The van der Waals surface area contributed by atoms with Gasteiger partial charge in [-0.25, -0.2) is 0 Å². The topological polar surface area (TPSA) is 21.3 Å². The Morgan fingerprint density at radius 1 is 1.08 bits per heavy atom. The molecule has 0 saturated carbocycles. The summed E-state index contributed by atoms with van der Waals surface area (Å²) in [5, 5.41) is 3.61. The minimum absolute atomic E-state index is 0.763. The van der Waals surface area contributed by atoms with Crippen LogP contribution < -0.4 is 5.32 Å². The molecular formula is C10H19NO. The van der Waals surface area contributed by atoms with Gasteiger partial charge in [0.05, 0.1) is 6.61 Å². The molecule has 12 heavy (non-hydrogen) atoms. The Balaban J connectivity index is 1.80. The molecule has 0 aromatic heterocycles. The van der Waals surface area contributed by atoms with Gasteiger partial charge in [0.25, 0.3) is 0 Å². The van der Waals surface area contributed by atoms with E-state index in [0.717, 1.165) is 25.2 Å². The molecule has 1 N–H and O–H groups in total. The molecule has 2 unspecified atom stereocenters. The molecule has 0 aromatic rings. The fraction of sp³-hybridized carbons (Fsp3) is 1.00. The van der Waals surface area contributed by atoms with Crippen molar-refractivity contribution in [3.63, 3.8) is 0 Å². The largest absolute Gasteiger partial charge is 0.381 e. The number of hydrogen-bond donors (Lipinski definition) is 1. The SMILES string of the molecule is C1CCC(C2CCCOC2)NC1. The van der Waals surface area contributed by atoms with Gasteiger partial charge in [-0.2, -0.15) is 0 Å². The van der Waals surface area contributed by atoms with Crippen molar-refractivity contribution in [3.05, 3.63) is 0 Å². The van der Waals surface area contributed by atoms with Crippen molar-refractivity contribution in [1.29, 1.82) is 0 Å². The van der Waals surface area contributed by atoms with Gasteiger partial charge in [0.2, 0.25) is 0 Å². The number of hydrogen-bond acceptors (Lipinski definition) is 2. The Bertz CT molecular complexity index is 110. The van der Waals surface area contributed by atoms with Crippen LogP contribution >= 0.6 is 0 Å². The van der Waals surface area contributed by atoms with E-state index in [2.05, 4.69) is 5.32 Å². The summed E-state index contributed by atoms with van der Waals surface area (Å²) in [6.45, 7) is 3.21. The number of rotatable bonds is 1. The third-order valence-electron chi connectivity index (χ3n) is 3.11. The first-order chi connectivity index (χ1) is 5.97. The summed E-state index contributed by atoms with van der Waals surface area (Å²) < 4.78 is 5.50. The predicted octanol–water partition coefficient (Wildman–Crippen LogP) is 1.56. The van der Waals surface area contributed by atoms with E-state index in [1.165, 1.54) is 38.6 Å². The molecule has 2 atom stereocenters. The van der Waals surface area contributed by atoms with E-state index in [4.69, 9.17) is 4.74 Å². The van der Waals surface area contributed by atoms with Crippen LogP contribution in [0.15, 0.2) is 0 Å². The van der Waals surface area contributed by atoms with Crippen LogP contribution in [0.4, 0.5) is 0 Å². The Labute approximate surface area is 74.7 Å². The second-order valence-corrected chi connectivity index (χ2v) is 4.03. The normalized spacial score (nSPS) is 38.0. The highest BCUT2D eigenvalue weighted by molar-refractivity contribution is 4.81. The zero-order valence-electron chi connectivity index (χ0n) is 7.72. The quantitative estimate of drug-likeness (QED) is 0.643. The van der Waals surface area contributed by atoms with Gasteiger partial charge in [0.1, 0.15) is 0 Å². The van der Waals surface area contributed by atoms with Crippen molar-refractivity contribution < 1.29 is 4.74 Å². The lowest BCUT2D eigenvalue weighted by atomic mass is 9.88. The van der Waals surface area contributed by atoms with Crippen molar-refractivity contribution in [2.75, 3.05) is 19.8 Å². The molecule has 0 aliphatic carbocycles. The monoisotopic (exact) mass is 169 g/mol. The van der Waals surface area contributed by atoms with Crippen LogP contribution in [0.2, 0.25) is 0 Å². The number of nitrogens with one attached hydrogen (secondary N) is 1. The molecule has 2 aliphatic rings. The molecule has 0 spiro atoms. The maximum atomic E-state index is 5.50. The predicted molar refractivity (Wildman–Crippen MR) is 49.2 cm³/mol. The van der Waals surface area contributed by atoms with E-state index >= 15 is 0 Å². The van der Waals surface area contributed by atoms with Crippen LogP contribution in [-0.2, 0) is 4.74 Å². The molecule has 2 heterocycles. The first-order valence-electron chi connectivity index (χ1n) is 5.28. The molecule has 2 heteroatoms. The average molecular weight is 169 g/mol. The molecule has 0 aromatic carbocycles. The highest BCUT2D eigenvalue weighted by atomic mass is 16.5. The van der Waals surface area contributed by atoms with Gasteiger partial charge in [-0.15, -0.1) is 0 Å². The summed E-state index contributed by atoms with van der Waals surface area (Å²) in [5.41, 5.74) is 0. The second-order valence-electron chi connectivity index (χ2n) is 4.03. The molecule has 0 radical (unpaired) electrons. The highest BCUT2D eigenvalue weighted by Gasteiger charge is 2.24. The molecule has 0 bridgehead atoms. The van der Waals surface area contributed by atoms with E-state index in [1.54, 1.807) is 0 Å². The molecule has 2 fully saturated rings. The van der Waals surface area contributed by atoms with Crippen molar-refractivity contribution in [1.82, 2.24) is 5.32 Å². The summed E-state index contributed by atoms with van der Waals surface area (Å²) in [5.74, 6) is 0.805. The van der Waals surface area contributed by atoms with Gasteiger partial charge in [0.15, 0.2) is 0 Å². The Morgan fingerprint density at radius 3 is 2.75 bits per heavy atom. The van der Waals surface area contributed by atoms with Gasteiger partial charge in [0, 0.05) is 12.6 Å². The van der Waals surface area contributed by atoms with Crippen LogP contribution in [0.1, 0.15) is 32.1 Å². The summed E-state index contributed by atoms with van der Waals surface area (Å²) in [6.07, 6.45) is 6.78. The zero-order chi connectivity index (χ0) is 8.23. The molecular weight excluding hydrogens is 150 g/mol. The third kappa shape index (κ3) is 1.99. The van der Waals surface area contributed by atoms with E-state index in [1.807, 2.05) is 0 Å². The smallest absolute Gasteiger partial charge is 0.0509 e. The first-order valence-corrected chi connectivity index (χ1v) is 5.28. The van der Waals surface area contributed by atoms with Crippen molar-refractivity contribution in [3.8, 4) is 0 Å². The van der Waals surface area contributed by atoms with Gasteiger partial charge in [-0.3, -0.25) is 0 Å². The first kappa shape index (κ1) is 8.52. The maximum Gasteiger partial charge on any atom is 0.0509 e. The summed E-state index contributed by atoms with van der Waals surface area (Å²) in [7, 11) is 0. The lowest BCUT2D eigenvalue weighted by Gasteiger charge is -2.33. The summed E-state index contributed by atoms with van der Waals surface area (Å²) in [4.78, 5) is 0. The van der Waals surface area contributed by atoms with Gasteiger partial charge < -0.3 is 10.1 Å². The fourth-order valence-electron chi connectivity index (χ4n) is 2.36. The van der Waals surface area contributed by atoms with Gasteiger partial charge >= 0.3 is 0 Å². The van der Waals surface area contributed by atoms with Crippen LogP contribution in [0.5, 0.6) is 0 Å². The van der Waals surface area contributed by atoms with Crippen LogP contribution in [0.3, 0.4) is 0 Å². The molecule has 70 valence electrons. The van der Waals surface area contributed by atoms with Crippen molar-refractivity contribution >= 4 is 0 Å².